The van der Waals surface area contributed by atoms with E-state index < -0.39 is 5.97 Å². The Balaban J connectivity index is 2.16. The fourth-order valence-electron chi connectivity index (χ4n) is 3.27. The maximum atomic E-state index is 11.2. The Morgan fingerprint density at radius 1 is 1.29 bits per heavy atom. The first-order valence-electron chi connectivity index (χ1n) is 7.88. The third-order valence-electron chi connectivity index (χ3n) is 4.03. The number of rotatable bonds is 5. The van der Waals surface area contributed by atoms with Gasteiger partial charge in [0.1, 0.15) is 6.10 Å². The summed E-state index contributed by atoms with van der Waals surface area (Å²) >= 11 is 0. The standard InChI is InChI=1S/C17H25NO3/c1-4-5-14-9-13(17(19)20)10-16(18-14)21-15-7-11(2)6-12(3)8-15/h9-12,15H,4-8H2,1-3H3,(H,19,20). The second-order valence-corrected chi connectivity index (χ2v) is 6.40. The predicted octanol–water partition coefficient (Wildman–Crippen LogP) is 3.94. The van der Waals surface area contributed by atoms with Gasteiger partial charge in [0.2, 0.25) is 5.88 Å². The van der Waals surface area contributed by atoms with Crippen molar-refractivity contribution in [1.82, 2.24) is 4.98 Å². The van der Waals surface area contributed by atoms with Gasteiger partial charge in [0.25, 0.3) is 0 Å². The lowest BCUT2D eigenvalue weighted by atomic mass is 9.82. The molecule has 1 fully saturated rings. The highest BCUT2D eigenvalue weighted by Crippen LogP contribution is 2.31. The van der Waals surface area contributed by atoms with Crippen molar-refractivity contribution in [2.45, 2.75) is 59.0 Å². The monoisotopic (exact) mass is 291 g/mol. The lowest BCUT2D eigenvalue weighted by Crippen LogP contribution is -2.29. The smallest absolute Gasteiger partial charge is 0.335 e. The molecule has 21 heavy (non-hydrogen) atoms. The van der Waals surface area contributed by atoms with Gasteiger partial charge in [-0.2, -0.15) is 0 Å². The number of pyridine rings is 1. The highest BCUT2D eigenvalue weighted by molar-refractivity contribution is 5.88. The summed E-state index contributed by atoms with van der Waals surface area (Å²) in [4.78, 5) is 15.7. The Labute approximate surface area is 126 Å². The van der Waals surface area contributed by atoms with Crippen LogP contribution in [0.15, 0.2) is 12.1 Å². The Bertz CT molecular complexity index is 491. The van der Waals surface area contributed by atoms with E-state index in [0.717, 1.165) is 31.4 Å². The summed E-state index contributed by atoms with van der Waals surface area (Å²) in [6.45, 7) is 6.55. The lowest BCUT2D eigenvalue weighted by molar-refractivity contribution is 0.0692. The number of carboxylic acids is 1. The SMILES string of the molecule is CCCc1cc(C(=O)O)cc(OC2CC(C)CC(C)C2)n1. The molecule has 0 aromatic carbocycles. The number of nitrogens with zero attached hydrogens (tertiary/aromatic N) is 1. The molecule has 0 spiro atoms. The summed E-state index contributed by atoms with van der Waals surface area (Å²) in [5.74, 6) is 0.836. The minimum absolute atomic E-state index is 0.148. The second kappa shape index (κ2) is 6.92. The number of carboxylic acid groups (broad SMARTS) is 1. The van der Waals surface area contributed by atoms with Gasteiger partial charge >= 0.3 is 5.97 Å². The van der Waals surface area contributed by atoms with Crippen LogP contribution in [0.25, 0.3) is 0 Å². The third-order valence-corrected chi connectivity index (χ3v) is 4.03. The summed E-state index contributed by atoms with van der Waals surface area (Å²) in [5, 5.41) is 9.21. The Morgan fingerprint density at radius 3 is 2.52 bits per heavy atom. The minimum Gasteiger partial charge on any atom is -0.478 e. The molecule has 0 aliphatic heterocycles. The second-order valence-electron chi connectivity index (χ2n) is 6.40. The van der Waals surface area contributed by atoms with Crippen LogP contribution in [0.5, 0.6) is 5.88 Å². The average molecular weight is 291 g/mol. The molecule has 0 saturated heterocycles. The number of aromatic carboxylic acids is 1. The predicted molar refractivity (Wildman–Crippen MR) is 81.8 cm³/mol. The van der Waals surface area contributed by atoms with Gasteiger partial charge in [0.15, 0.2) is 0 Å². The van der Waals surface area contributed by atoms with Crippen LogP contribution in [0.1, 0.15) is 62.5 Å². The quantitative estimate of drug-likeness (QED) is 0.892. The van der Waals surface area contributed by atoms with Gasteiger partial charge in [-0.05, 0) is 43.6 Å². The molecule has 1 aromatic rings. The molecule has 1 aliphatic rings. The number of aryl methyl sites for hydroxylation is 1. The van der Waals surface area contributed by atoms with Crippen molar-refractivity contribution >= 4 is 5.97 Å². The van der Waals surface area contributed by atoms with Crippen LogP contribution in [-0.2, 0) is 6.42 Å². The van der Waals surface area contributed by atoms with E-state index in [0.29, 0.717) is 17.7 Å². The van der Waals surface area contributed by atoms with Gasteiger partial charge in [-0.15, -0.1) is 0 Å². The maximum absolute atomic E-state index is 11.2. The van der Waals surface area contributed by atoms with Crippen LogP contribution in [0.3, 0.4) is 0 Å². The molecule has 2 atom stereocenters. The Morgan fingerprint density at radius 2 is 1.95 bits per heavy atom. The van der Waals surface area contributed by atoms with Crippen molar-refractivity contribution in [3.8, 4) is 5.88 Å². The minimum atomic E-state index is -0.926. The summed E-state index contributed by atoms with van der Waals surface area (Å²) < 4.78 is 6.00. The van der Waals surface area contributed by atoms with Crippen molar-refractivity contribution in [2.75, 3.05) is 0 Å². The molecule has 0 amide bonds. The van der Waals surface area contributed by atoms with Crippen molar-refractivity contribution in [1.29, 1.82) is 0 Å². The van der Waals surface area contributed by atoms with Crippen LogP contribution in [-0.4, -0.2) is 22.2 Å². The summed E-state index contributed by atoms with van der Waals surface area (Å²) in [7, 11) is 0. The van der Waals surface area contributed by atoms with Crippen LogP contribution < -0.4 is 4.74 Å². The summed E-state index contributed by atoms with van der Waals surface area (Å²) in [6.07, 6.45) is 5.14. The molecule has 4 heteroatoms. The molecule has 2 unspecified atom stereocenters. The van der Waals surface area contributed by atoms with Crippen molar-refractivity contribution in [3.63, 3.8) is 0 Å². The molecule has 1 aliphatic carbocycles. The first-order chi connectivity index (χ1) is 9.97. The van der Waals surface area contributed by atoms with E-state index in [2.05, 4.69) is 25.8 Å². The normalized spacial score (nSPS) is 25.6. The number of carbonyl (C=O) groups is 1. The van der Waals surface area contributed by atoms with Gasteiger partial charge < -0.3 is 9.84 Å². The van der Waals surface area contributed by atoms with Crippen molar-refractivity contribution in [3.05, 3.63) is 23.4 Å². The van der Waals surface area contributed by atoms with Gasteiger partial charge in [0.05, 0.1) is 5.56 Å². The van der Waals surface area contributed by atoms with Crippen LogP contribution in [0, 0.1) is 11.8 Å². The zero-order valence-electron chi connectivity index (χ0n) is 13.1. The Kier molecular flexibility index (Phi) is 5.21. The van der Waals surface area contributed by atoms with E-state index in [1.807, 2.05) is 0 Å². The van der Waals surface area contributed by atoms with Gasteiger partial charge in [0, 0.05) is 11.8 Å². The lowest BCUT2D eigenvalue weighted by Gasteiger charge is -2.31. The summed E-state index contributed by atoms with van der Waals surface area (Å²) in [6, 6.07) is 3.19. The van der Waals surface area contributed by atoms with Crippen molar-refractivity contribution in [2.24, 2.45) is 11.8 Å². The molecule has 0 radical (unpaired) electrons. The van der Waals surface area contributed by atoms with Crippen LogP contribution >= 0.6 is 0 Å². The zero-order chi connectivity index (χ0) is 15.4. The van der Waals surface area contributed by atoms with Gasteiger partial charge in [-0.3, -0.25) is 0 Å². The van der Waals surface area contributed by atoms with E-state index in [-0.39, 0.29) is 11.7 Å². The molecule has 4 nitrogen and oxygen atoms in total. The molecule has 1 aromatic heterocycles. The molecule has 1 N–H and O–H groups in total. The van der Waals surface area contributed by atoms with Crippen LogP contribution in [0.2, 0.25) is 0 Å². The van der Waals surface area contributed by atoms with E-state index >= 15 is 0 Å². The number of ether oxygens (including phenoxy) is 1. The number of aromatic nitrogens is 1. The Hall–Kier alpha value is -1.58. The van der Waals surface area contributed by atoms with E-state index in [1.54, 1.807) is 12.1 Å². The first kappa shape index (κ1) is 15.8. The molecular weight excluding hydrogens is 266 g/mol. The number of hydrogen-bond acceptors (Lipinski definition) is 3. The van der Waals surface area contributed by atoms with Gasteiger partial charge in [-0.1, -0.05) is 27.2 Å². The number of hydrogen-bond donors (Lipinski definition) is 1. The zero-order valence-corrected chi connectivity index (χ0v) is 13.1. The average Bonchev–Trinajstić information content (AvgIpc) is 2.37. The maximum Gasteiger partial charge on any atom is 0.335 e. The molecule has 1 heterocycles. The van der Waals surface area contributed by atoms with E-state index in [4.69, 9.17) is 4.74 Å². The topological polar surface area (TPSA) is 59.4 Å². The van der Waals surface area contributed by atoms with E-state index in [9.17, 15) is 9.90 Å². The largest absolute Gasteiger partial charge is 0.478 e. The molecule has 2 rings (SSSR count). The molecule has 116 valence electrons. The van der Waals surface area contributed by atoms with Crippen LogP contribution in [0.4, 0.5) is 0 Å². The molecule has 0 bridgehead atoms. The third kappa shape index (κ3) is 4.45. The highest BCUT2D eigenvalue weighted by Gasteiger charge is 2.25. The fraction of sp³-hybridized carbons (Fsp3) is 0.647. The molecule has 1 saturated carbocycles. The molecular formula is C17H25NO3. The van der Waals surface area contributed by atoms with E-state index in [1.165, 1.54) is 6.42 Å². The first-order valence-corrected chi connectivity index (χ1v) is 7.88. The highest BCUT2D eigenvalue weighted by atomic mass is 16.5. The fourth-order valence-corrected chi connectivity index (χ4v) is 3.27. The summed E-state index contributed by atoms with van der Waals surface area (Å²) in [5.41, 5.74) is 1.06. The van der Waals surface area contributed by atoms with Crippen molar-refractivity contribution < 1.29 is 14.6 Å². The van der Waals surface area contributed by atoms with Gasteiger partial charge in [-0.25, -0.2) is 9.78 Å².